The summed E-state index contributed by atoms with van der Waals surface area (Å²) in [6, 6.07) is 7.26. The number of hydrogen-bond acceptors (Lipinski definition) is 3. The van der Waals surface area contributed by atoms with Crippen molar-refractivity contribution in [3.8, 4) is 0 Å². The van der Waals surface area contributed by atoms with E-state index in [4.69, 9.17) is 10.7 Å². The molecular formula is C9H11ClN2O2S. The van der Waals surface area contributed by atoms with Gasteiger partial charge in [-0.1, -0.05) is 12.1 Å². The van der Waals surface area contributed by atoms with Crippen LogP contribution in [0.1, 0.15) is 5.56 Å². The minimum atomic E-state index is -3.82. The van der Waals surface area contributed by atoms with Crippen molar-refractivity contribution in [1.82, 2.24) is 0 Å². The molecule has 0 unspecified atom stereocenters. The first-order valence-corrected chi connectivity index (χ1v) is 6.42. The fourth-order valence-electron chi connectivity index (χ4n) is 0.982. The Balaban J connectivity index is 2.86. The molecule has 0 bridgehead atoms. The van der Waals surface area contributed by atoms with E-state index in [2.05, 4.69) is 4.40 Å². The molecule has 4 nitrogen and oxygen atoms in total. The highest BCUT2D eigenvalue weighted by Crippen LogP contribution is 2.11. The number of rotatable bonds is 3. The Labute approximate surface area is 93.7 Å². The highest BCUT2D eigenvalue weighted by Gasteiger charge is 1.98. The van der Waals surface area contributed by atoms with Crippen molar-refractivity contribution < 1.29 is 8.42 Å². The van der Waals surface area contributed by atoms with Crippen LogP contribution in [0.3, 0.4) is 0 Å². The van der Waals surface area contributed by atoms with Gasteiger partial charge in [0, 0.05) is 36.7 Å². The smallest absolute Gasteiger partial charge is 0.339 e. The average Bonchev–Trinajstić information content (AvgIpc) is 2.14. The molecule has 0 heterocycles. The minimum Gasteiger partial charge on any atom is -0.378 e. The molecule has 0 saturated carbocycles. The lowest BCUT2D eigenvalue weighted by Gasteiger charge is -2.11. The summed E-state index contributed by atoms with van der Waals surface area (Å²) >= 11 is 0. The number of nitrogens with zero attached hydrogens (tertiary/aromatic N) is 2. The molecule has 1 rings (SSSR count). The van der Waals surface area contributed by atoms with Crippen LogP contribution in [-0.2, 0) is 9.24 Å². The van der Waals surface area contributed by atoms with E-state index in [0.717, 1.165) is 5.69 Å². The molecule has 0 aliphatic carbocycles. The second kappa shape index (κ2) is 4.63. The van der Waals surface area contributed by atoms with Crippen molar-refractivity contribution >= 4 is 31.8 Å². The molecule has 0 fully saturated rings. The number of halogens is 1. The molecule has 0 aliphatic heterocycles. The highest BCUT2D eigenvalue weighted by molar-refractivity contribution is 8.12. The SMILES string of the molecule is CN(C)c1ccc(/C=N/S(=O)(=O)Cl)cc1. The van der Waals surface area contributed by atoms with Crippen molar-refractivity contribution in [3.05, 3.63) is 29.8 Å². The molecule has 0 saturated heterocycles. The second-order valence-corrected chi connectivity index (χ2v) is 5.34. The van der Waals surface area contributed by atoms with Gasteiger partial charge in [0.1, 0.15) is 0 Å². The molecule has 0 atom stereocenters. The van der Waals surface area contributed by atoms with Crippen molar-refractivity contribution in [2.45, 2.75) is 0 Å². The maximum Gasteiger partial charge on any atom is 0.339 e. The lowest BCUT2D eigenvalue weighted by atomic mass is 10.2. The summed E-state index contributed by atoms with van der Waals surface area (Å²) in [7, 11) is 4.96. The van der Waals surface area contributed by atoms with Crippen LogP contribution < -0.4 is 4.90 Å². The Hall–Kier alpha value is -1.07. The van der Waals surface area contributed by atoms with Crippen molar-refractivity contribution in [3.63, 3.8) is 0 Å². The zero-order valence-electron chi connectivity index (χ0n) is 8.38. The Morgan fingerprint density at radius 1 is 1.27 bits per heavy atom. The Kier molecular flexibility index (Phi) is 3.71. The quantitative estimate of drug-likeness (QED) is 0.602. The van der Waals surface area contributed by atoms with Crippen LogP contribution in [0.2, 0.25) is 0 Å². The monoisotopic (exact) mass is 246 g/mol. The molecule has 1 aromatic carbocycles. The molecular weight excluding hydrogens is 236 g/mol. The van der Waals surface area contributed by atoms with Crippen LogP contribution in [0.5, 0.6) is 0 Å². The van der Waals surface area contributed by atoms with E-state index in [9.17, 15) is 8.42 Å². The van der Waals surface area contributed by atoms with Crippen molar-refractivity contribution in [1.29, 1.82) is 0 Å². The summed E-state index contributed by atoms with van der Waals surface area (Å²) in [4.78, 5) is 1.94. The van der Waals surface area contributed by atoms with Gasteiger partial charge in [0.05, 0.1) is 0 Å². The van der Waals surface area contributed by atoms with Crippen LogP contribution in [0.4, 0.5) is 5.69 Å². The summed E-state index contributed by atoms with van der Waals surface area (Å²) in [6.07, 6.45) is 1.21. The van der Waals surface area contributed by atoms with Crippen molar-refractivity contribution in [2.24, 2.45) is 4.40 Å². The first-order chi connectivity index (χ1) is 6.88. The van der Waals surface area contributed by atoms with E-state index in [1.54, 1.807) is 12.1 Å². The van der Waals surface area contributed by atoms with Crippen LogP contribution in [0.25, 0.3) is 0 Å². The number of benzene rings is 1. The van der Waals surface area contributed by atoms with E-state index in [0.29, 0.717) is 5.56 Å². The summed E-state index contributed by atoms with van der Waals surface area (Å²) in [5.41, 5.74) is 1.71. The van der Waals surface area contributed by atoms with Gasteiger partial charge in [-0.3, -0.25) is 0 Å². The summed E-state index contributed by atoms with van der Waals surface area (Å²) < 4.78 is 24.3. The molecule has 15 heavy (non-hydrogen) atoms. The van der Waals surface area contributed by atoms with Gasteiger partial charge in [0.2, 0.25) is 0 Å². The van der Waals surface area contributed by atoms with Gasteiger partial charge in [-0.2, -0.15) is 12.8 Å². The zero-order valence-corrected chi connectivity index (χ0v) is 9.96. The molecule has 0 aliphatic rings. The van der Waals surface area contributed by atoms with E-state index >= 15 is 0 Å². The first kappa shape index (κ1) is 12.0. The Bertz CT molecular complexity index is 452. The van der Waals surface area contributed by atoms with Crippen molar-refractivity contribution in [2.75, 3.05) is 19.0 Å². The summed E-state index contributed by atoms with van der Waals surface area (Å²) in [6.45, 7) is 0. The van der Waals surface area contributed by atoms with E-state index < -0.39 is 9.24 Å². The predicted molar refractivity (Wildman–Crippen MR) is 63.1 cm³/mol. The third-order valence-corrected chi connectivity index (χ3v) is 2.33. The highest BCUT2D eigenvalue weighted by atomic mass is 35.7. The largest absolute Gasteiger partial charge is 0.378 e. The fourth-order valence-corrected chi connectivity index (χ4v) is 1.35. The second-order valence-electron chi connectivity index (χ2n) is 3.13. The first-order valence-electron chi connectivity index (χ1n) is 4.16. The molecule has 0 aromatic heterocycles. The maximum absolute atomic E-state index is 10.5. The van der Waals surface area contributed by atoms with Gasteiger partial charge in [-0.15, -0.1) is 0 Å². The van der Waals surface area contributed by atoms with E-state index in [1.807, 2.05) is 31.1 Å². The Morgan fingerprint density at radius 3 is 2.20 bits per heavy atom. The van der Waals surface area contributed by atoms with Crippen LogP contribution >= 0.6 is 10.7 Å². The van der Waals surface area contributed by atoms with Gasteiger partial charge in [0.25, 0.3) is 0 Å². The normalized spacial score (nSPS) is 11.9. The van der Waals surface area contributed by atoms with Gasteiger partial charge < -0.3 is 4.90 Å². The third-order valence-electron chi connectivity index (χ3n) is 1.74. The van der Waals surface area contributed by atoms with Crippen LogP contribution in [-0.4, -0.2) is 28.7 Å². The third kappa shape index (κ3) is 4.31. The van der Waals surface area contributed by atoms with Gasteiger partial charge in [-0.05, 0) is 17.7 Å². The molecule has 1 aromatic rings. The lowest BCUT2D eigenvalue weighted by Crippen LogP contribution is -2.08. The molecule has 6 heteroatoms. The van der Waals surface area contributed by atoms with E-state index in [-0.39, 0.29) is 0 Å². The van der Waals surface area contributed by atoms with Gasteiger partial charge >= 0.3 is 9.24 Å². The average molecular weight is 247 g/mol. The van der Waals surface area contributed by atoms with Gasteiger partial charge in [0.15, 0.2) is 0 Å². The fraction of sp³-hybridized carbons (Fsp3) is 0.222. The summed E-state index contributed by atoms with van der Waals surface area (Å²) in [5.74, 6) is 0. The summed E-state index contributed by atoms with van der Waals surface area (Å²) in [5, 5.41) is 0. The number of anilines is 1. The maximum atomic E-state index is 10.5. The molecule has 82 valence electrons. The molecule has 0 spiro atoms. The molecule has 0 N–H and O–H groups in total. The van der Waals surface area contributed by atoms with E-state index in [1.165, 1.54) is 6.21 Å². The standard InChI is InChI=1S/C9H11ClN2O2S/c1-12(2)9-5-3-8(4-6-9)7-11-15(10,13)14/h3-7H,1-2H3/b11-7+. The lowest BCUT2D eigenvalue weighted by molar-refractivity contribution is 0.611. The molecule has 0 amide bonds. The number of hydrogen-bond donors (Lipinski definition) is 0. The minimum absolute atomic E-state index is 0.685. The molecule has 0 radical (unpaired) electrons. The van der Waals surface area contributed by atoms with Gasteiger partial charge in [-0.25, -0.2) is 0 Å². The zero-order chi connectivity index (χ0) is 11.5. The van der Waals surface area contributed by atoms with Crippen LogP contribution in [0, 0.1) is 0 Å². The Morgan fingerprint density at radius 2 is 1.80 bits per heavy atom. The van der Waals surface area contributed by atoms with Crippen LogP contribution in [0.15, 0.2) is 28.7 Å². The topological polar surface area (TPSA) is 49.7 Å². The predicted octanol–water partition coefficient (Wildman–Crippen LogP) is 1.66.